The van der Waals surface area contributed by atoms with Gasteiger partial charge >= 0.3 is 0 Å². The van der Waals surface area contributed by atoms with E-state index in [1.54, 1.807) is 4.90 Å². The van der Waals surface area contributed by atoms with Crippen LogP contribution in [-0.4, -0.2) is 31.8 Å². The van der Waals surface area contributed by atoms with Crippen LogP contribution in [0.1, 0.15) is 36.5 Å². The van der Waals surface area contributed by atoms with Gasteiger partial charge < -0.3 is 4.90 Å². The maximum absolute atomic E-state index is 13.5. The molecule has 20 heavy (non-hydrogen) atoms. The van der Waals surface area contributed by atoms with Gasteiger partial charge in [0, 0.05) is 28.8 Å². The summed E-state index contributed by atoms with van der Waals surface area (Å²) in [5.41, 5.74) is 0.0181. The first kappa shape index (κ1) is 15.3. The molecule has 1 aromatic rings. The molecule has 7 heteroatoms. The van der Waals surface area contributed by atoms with Gasteiger partial charge in [-0.25, -0.2) is 12.8 Å². The van der Waals surface area contributed by atoms with Gasteiger partial charge in [0.15, 0.2) is 0 Å². The zero-order chi connectivity index (χ0) is 14.9. The number of carbonyl (C=O) groups excluding carboxylic acids is 1. The van der Waals surface area contributed by atoms with Crippen molar-refractivity contribution in [1.29, 1.82) is 0 Å². The summed E-state index contributed by atoms with van der Waals surface area (Å²) in [5, 5.41) is 0. The minimum absolute atomic E-state index is 0.0181. The molecule has 0 aromatic heterocycles. The van der Waals surface area contributed by atoms with E-state index in [4.69, 9.17) is 10.7 Å². The highest BCUT2D eigenvalue weighted by atomic mass is 35.7. The first-order chi connectivity index (χ1) is 9.32. The second kappa shape index (κ2) is 5.69. The Labute approximate surface area is 121 Å². The molecule has 0 saturated carbocycles. The van der Waals surface area contributed by atoms with Crippen LogP contribution in [0.15, 0.2) is 23.1 Å². The molecule has 0 bridgehead atoms. The van der Waals surface area contributed by atoms with Crippen molar-refractivity contribution < 1.29 is 17.6 Å². The van der Waals surface area contributed by atoms with Crippen molar-refractivity contribution in [1.82, 2.24) is 4.90 Å². The average Bonchev–Trinajstić information content (AvgIpc) is 2.84. The van der Waals surface area contributed by atoms with Gasteiger partial charge in [-0.1, -0.05) is 6.92 Å². The van der Waals surface area contributed by atoms with Crippen molar-refractivity contribution in [3.63, 3.8) is 0 Å². The summed E-state index contributed by atoms with van der Waals surface area (Å²) in [6.45, 7) is 2.59. The molecule has 1 heterocycles. The fourth-order valence-electron chi connectivity index (χ4n) is 2.52. The maximum Gasteiger partial charge on any atom is 0.261 e. The fraction of sp³-hybridized carbons (Fsp3) is 0.462. The molecule has 1 aliphatic heterocycles. The highest BCUT2D eigenvalue weighted by molar-refractivity contribution is 8.13. The smallest absolute Gasteiger partial charge is 0.261 e. The third-order valence-corrected chi connectivity index (χ3v) is 4.84. The van der Waals surface area contributed by atoms with E-state index in [0.29, 0.717) is 6.54 Å². The van der Waals surface area contributed by atoms with E-state index in [2.05, 4.69) is 0 Å². The Morgan fingerprint density at radius 3 is 2.75 bits per heavy atom. The Bertz CT molecular complexity index is 633. The molecule has 1 unspecified atom stereocenters. The minimum Gasteiger partial charge on any atom is -0.336 e. The lowest BCUT2D eigenvalue weighted by atomic mass is 10.1. The standard InChI is InChI=1S/C13H15ClFNO3S/c1-2-11-4-3-5-16(11)13(17)9-6-10(15)8-12(7-9)20(14,18)19/h6-8,11H,2-5H2,1H3. The molecule has 2 rings (SSSR count). The van der Waals surface area contributed by atoms with Crippen molar-refractivity contribution in [3.8, 4) is 0 Å². The van der Waals surface area contributed by atoms with E-state index < -0.39 is 19.8 Å². The number of nitrogens with zero attached hydrogens (tertiary/aromatic N) is 1. The van der Waals surface area contributed by atoms with Gasteiger partial charge in [0.1, 0.15) is 5.82 Å². The van der Waals surface area contributed by atoms with Crippen LogP contribution in [0.5, 0.6) is 0 Å². The van der Waals surface area contributed by atoms with Crippen LogP contribution in [0, 0.1) is 5.82 Å². The number of amides is 1. The first-order valence-corrected chi connectivity index (χ1v) is 8.70. The molecule has 1 aliphatic rings. The normalized spacial score (nSPS) is 19.4. The number of halogens is 2. The van der Waals surface area contributed by atoms with Crippen LogP contribution in [0.3, 0.4) is 0 Å². The van der Waals surface area contributed by atoms with E-state index in [0.717, 1.165) is 37.5 Å². The van der Waals surface area contributed by atoms with Crippen molar-refractivity contribution >= 4 is 25.6 Å². The molecule has 1 saturated heterocycles. The monoisotopic (exact) mass is 319 g/mol. The van der Waals surface area contributed by atoms with Crippen molar-refractivity contribution in [2.24, 2.45) is 0 Å². The predicted molar refractivity (Wildman–Crippen MR) is 73.8 cm³/mol. The summed E-state index contributed by atoms with van der Waals surface area (Å²) in [7, 11) is 1.14. The van der Waals surface area contributed by atoms with Crippen LogP contribution in [0.25, 0.3) is 0 Å². The molecule has 1 aromatic carbocycles. The summed E-state index contributed by atoms with van der Waals surface area (Å²) in [4.78, 5) is 13.6. The Hall–Kier alpha value is -1.14. The van der Waals surface area contributed by atoms with E-state index in [-0.39, 0.29) is 17.5 Å². The molecule has 0 radical (unpaired) electrons. The zero-order valence-electron chi connectivity index (χ0n) is 11.0. The van der Waals surface area contributed by atoms with Crippen LogP contribution >= 0.6 is 10.7 Å². The molecule has 0 spiro atoms. The topological polar surface area (TPSA) is 54.5 Å². The molecule has 4 nitrogen and oxygen atoms in total. The summed E-state index contributed by atoms with van der Waals surface area (Å²) < 4.78 is 36.0. The lowest BCUT2D eigenvalue weighted by Crippen LogP contribution is -2.35. The van der Waals surface area contributed by atoms with E-state index in [1.165, 1.54) is 0 Å². The number of carbonyl (C=O) groups is 1. The molecule has 110 valence electrons. The van der Waals surface area contributed by atoms with Gasteiger partial charge in [-0.2, -0.15) is 0 Å². The predicted octanol–water partition coefficient (Wildman–Crippen LogP) is 2.77. The number of rotatable bonds is 3. The third kappa shape index (κ3) is 3.12. The minimum atomic E-state index is -4.06. The van der Waals surface area contributed by atoms with Crippen molar-refractivity contribution in [2.75, 3.05) is 6.54 Å². The summed E-state index contributed by atoms with van der Waals surface area (Å²) in [5.74, 6) is -1.14. The van der Waals surface area contributed by atoms with Gasteiger partial charge in [0.2, 0.25) is 0 Å². The molecular formula is C13H15ClFNO3S. The number of hydrogen-bond donors (Lipinski definition) is 0. The maximum atomic E-state index is 13.5. The summed E-state index contributed by atoms with van der Waals surface area (Å²) in [6, 6.07) is 3.10. The Morgan fingerprint density at radius 2 is 2.15 bits per heavy atom. The second-order valence-corrected chi connectivity index (χ2v) is 7.38. The molecule has 0 aliphatic carbocycles. The number of benzene rings is 1. The SMILES string of the molecule is CCC1CCCN1C(=O)c1cc(F)cc(S(=O)(=O)Cl)c1. The summed E-state index contributed by atoms with van der Waals surface area (Å²) in [6.07, 6.45) is 2.64. The molecular weight excluding hydrogens is 305 g/mol. The van der Waals surface area contributed by atoms with Crippen LogP contribution in [0.2, 0.25) is 0 Å². The van der Waals surface area contributed by atoms with Gasteiger partial charge in [0.25, 0.3) is 15.0 Å². The lowest BCUT2D eigenvalue weighted by molar-refractivity contribution is 0.0733. The lowest BCUT2D eigenvalue weighted by Gasteiger charge is -2.23. The third-order valence-electron chi connectivity index (χ3n) is 3.51. The average molecular weight is 320 g/mol. The highest BCUT2D eigenvalue weighted by Gasteiger charge is 2.29. The molecule has 1 amide bonds. The number of likely N-dealkylation sites (tertiary alicyclic amines) is 1. The van der Waals surface area contributed by atoms with Crippen LogP contribution < -0.4 is 0 Å². The van der Waals surface area contributed by atoms with Gasteiger partial charge in [-0.3, -0.25) is 4.79 Å². The van der Waals surface area contributed by atoms with E-state index >= 15 is 0 Å². The van der Waals surface area contributed by atoms with Gasteiger partial charge in [-0.05, 0) is 37.5 Å². The summed E-state index contributed by atoms with van der Waals surface area (Å²) >= 11 is 0. The number of hydrogen-bond acceptors (Lipinski definition) is 3. The molecule has 1 fully saturated rings. The Balaban J connectivity index is 2.38. The van der Waals surface area contributed by atoms with Crippen molar-refractivity contribution in [3.05, 3.63) is 29.6 Å². The van der Waals surface area contributed by atoms with E-state index in [1.807, 2.05) is 6.92 Å². The Kier molecular flexibility index (Phi) is 4.34. The molecule has 1 atom stereocenters. The highest BCUT2D eigenvalue weighted by Crippen LogP contribution is 2.24. The van der Waals surface area contributed by atoms with Crippen LogP contribution in [0.4, 0.5) is 4.39 Å². The van der Waals surface area contributed by atoms with Gasteiger partial charge in [-0.15, -0.1) is 0 Å². The first-order valence-electron chi connectivity index (χ1n) is 6.39. The quantitative estimate of drug-likeness (QED) is 0.805. The largest absolute Gasteiger partial charge is 0.336 e. The Morgan fingerprint density at radius 1 is 1.45 bits per heavy atom. The zero-order valence-corrected chi connectivity index (χ0v) is 12.5. The van der Waals surface area contributed by atoms with Crippen molar-refractivity contribution in [2.45, 2.75) is 37.1 Å². The molecule has 0 N–H and O–H groups in total. The van der Waals surface area contributed by atoms with Crippen LogP contribution in [-0.2, 0) is 9.05 Å². The fourth-order valence-corrected chi connectivity index (χ4v) is 3.31. The van der Waals surface area contributed by atoms with Gasteiger partial charge in [0.05, 0.1) is 4.90 Å². The van der Waals surface area contributed by atoms with E-state index in [9.17, 15) is 17.6 Å². The second-order valence-electron chi connectivity index (χ2n) is 4.82.